The highest BCUT2D eigenvalue weighted by Gasteiger charge is 2.13. The number of hydrogen-bond acceptors (Lipinski definition) is 5. The number of methoxy groups -OCH3 is 2. The van der Waals surface area contributed by atoms with Crippen molar-refractivity contribution in [3.63, 3.8) is 0 Å². The number of anilines is 1. The summed E-state index contributed by atoms with van der Waals surface area (Å²) in [6.45, 7) is 3.73. The molecule has 0 aliphatic heterocycles. The van der Waals surface area contributed by atoms with E-state index >= 15 is 0 Å². The first kappa shape index (κ1) is 13.1. The molecule has 0 radical (unpaired) electrons. The van der Waals surface area contributed by atoms with Gasteiger partial charge in [0.05, 0.1) is 19.9 Å². The van der Waals surface area contributed by atoms with Gasteiger partial charge in [-0.15, -0.1) is 0 Å². The topological polar surface area (TPSA) is 70.3 Å². The summed E-state index contributed by atoms with van der Waals surface area (Å²) in [6, 6.07) is 5.63. The summed E-state index contributed by atoms with van der Waals surface area (Å²) >= 11 is 0. The molecule has 0 amide bonds. The van der Waals surface area contributed by atoms with Crippen LogP contribution >= 0.6 is 0 Å². The molecule has 0 aliphatic rings. The predicted octanol–water partition coefficient (Wildman–Crippen LogP) is 2.36. The van der Waals surface area contributed by atoms with E-state index in [0.717, 1.165) is 16.8 Å². The molecule has 100 valence electrons. The van der Waals surface area contributed by atoms with Gasteiger partial charge in [0.15, 0.2) is 11.5 Å². The second kappa shape index (κ2) is 5.14. The van der Waals surface area contributed by atoms with E-state index in [1.165, 1.54) is 0 Å². The van der Waals surface area contributed by atoms with Gasteiger partial charge in [-0.25, -0.2) is 9.97 Å². The summed E-state index contributed by atoms with van der Waals surface area (Å²) in [5.74, 6) is 2.46. The van der Waals surface area contributed by atoms with Gasteiger partial charge in [0, 0.05) is 5.56 Å². The summed E-state index contributed by atoms with van der Waals surface area (Å²) in [4.78, 5) is 8.55. The summed E-state index contributed by atoms with van der Waals surface area (Å²) in [5.41, 5.74) is 8.57. The SMILES string of the molecule is COc1ccc(-c2c(C)nc(C)nc2N)cc1OC. The predicted molar refractivity (Wildman–Crippen MR) is 74.5 cm³/mol. The zero-order chi connectivity index (χ0) is 14.0. The fourth-order valence-electron chi connectivity index (χ4n) is 2.09. The molecule has 0 unspecified atom stereocenters. The Labute approximate surface area is 112 Å². The van der Waals surface area contributed by atoms with E-state index in [9.17, 15) is 0 Å². The molecule has 1 aromatic carbocycles. The minimum absolute atomic E-state index is 0.470. The van der Waals surface area contributed by atoms with Crippen molar-refractivity contribution in [3.8, 4) is 22.6 Å². The average Bonchev–Trinajstić information content (AvgIpc) is 2.37. The molecule has 2 rings (SSSR count). The third-order valence-electron chi connectivity index (χ3n) is 2.90. The Morgan fingerprint density at radius 2 is 1.68 bits per heavy atom. The monoisotopic (exact) mass is 259 g/mol. The minimum atomic E-state index is 0.470. The maximum atomic E-state index is 5.99. The van der Waals surface area contributed by atoms with Crippen LogP contribution in [0.1, 0.15) is 11.5 Å². The van der Waals surface area contributed by atoms with Crippen LogP contribution in [0.3, 0.4) is 0 Å². The Bertz CT molecular complexity index is 589. The van der Waals surface area contributed by atoms with Crippen LogP contribution in [0.2, 0.25) is 0 Å². The Kier molecular flexibility index (Phi) is 3.55. The van der Waals surface area contributed by atoms with Gasteiger partial charge in [-0.3, -0.25) is 0 Å². The summed E-state index contributed by atoms with van der Waals surface area (Å²) < 4.78 is 10.5. The molecule has 19 heavy (non-hydrogen) atoms. The summed E-state index contributed by atoms with van der Waals surface area (Å²) in [6.07, 6.45) is 0. The maximum absolute atomic E-state index is 5.99. The van der Waals surface area contributed by atoms with Crippen LogP contribution in [0.5, 0.6) is 11.5 Å². The lowest BCUT2D eigenvalue weighted by molar-refractivity contribution is 0.355. The Balaban J connectivity index is 2.59. The van der Waals surface area contributed by atoms with Crippen LogP contribution in [-0.2, 0) is 0 Å². The first-order valence-corrected chi connectivity index (χ1v) is 5.90. The molecule has 0 atom stereocenters. The van der Waals surface area contributed by atoms with Crippen LogP contribution in [0.15, 0.2) is 18.2 Å². The van der Waals surface area contributed by atoms with E-state index < -0.39 is 0 Å². The van der Waals surface area contributed by atoms with E-state index in [4.69, 9.17) is 15.2 Å². The highest BCUT2D eigenvalue weighted by molar-refractivity contribution is 5.77. The Morgan fingerprint density at radius 1 is 1.00 bits per heavy atom. The first-order chi connectivity index (χ1) is 9.06. The van der Waals surface area contributed by atoms with Crippen LogP contribution in [0, 0.1) is 13.8 Å². The van der Waals surface area contributed by atoms with E-state index in [2.05, 4.69) is 9.97 Å². The molecule has 5 nitrogen and oxygen atoms in total. The number of nitrogen functional groups attached to an aromatic ring is 1. The molecule has 5 heteroatoms. The third kappa shape index (κ3) is 2.45. The molecule has 1 aromatic heterocycles. The lowest BCUT2D eigenvalue weighted by atomic mass is 10.0. The lowest BCUT2D eigenvalue weighted by Gasteiger charge is -2.12. The number of aromatic nitrogens is 2. The average molecular weight is 259 g/mol. The van der Waals surface area contributed by atoms with E-state index in [0.29, 0.717) is 23.1 Å². The zero-order valence-corrected chi connectivity index (χ0v) is 11.5. The van der Waals surface area contributed by atoms with E-state index in [-0.39, 0.29) is 0 Å². The van der Waals surface area contributed by atoms with Gasteiger partial charge in [-0.1, -0.05) is 6.07 Å². The number of hydrogen-bond donors (Lipinski definition) is 1. The molecule has 2 N–H and O–H groups in total. The molecule has 0 saturated carbocycles. The number of nitrogens with zero attached hydrogens (tertiary/aromatic N) is 2. The van der Waals surface area contributed by atoms with Crippen molar-refractivity contribution in [1.29, 1.82) is 0 Å². The van der Waals surface area contributed by atoms with Crippen molar-refractivity contribution in [2.45, 2.75) is 13.8 Å². The normalized spacial score (nSPS) is 10.3. The second-order valence-electron chi connectivity index (χ2n) is 4.19. The highest BCUT2D eigenvalue weighted by Crippen LogP contribution is 2.35. The smallest absolute Gasteiger partial charge is 0.161 e. The van der Waals surface area contributed by atoms with Gasteiger partial charge in [0.1, 0.15) is 11.6 Å². The number of nitrogens with two attached hydrogens (primary N) is 1. The van der Waals surface area contributed by atoms with Gasteiger partial charge >= 0.3 is 0 Å². The van der Waals surface area contributed by atoms with E-state index in [1.54, 1.807) is 14.2 Å². The lowest BCUT2D eigenvalue weighted by Crippen LogP contribution is -2.02. The fourth-order valence-corrected chi connectivity index (χ4v) is 2.09. The molecule has 1 heterocycles. The van der Waals surface area contributed by atoms with Gasteiger partial charge in [0.25, 0.3) is 0 Å². The van der Waals surface area contributed by atoms with E-state index in [1.807, 2.05) is 32.0 Å². The molecular weight excluding hydrogens is 242 g/mol. The maximum Gasteiger partial charge on any atom is 0.161 e. The van der Waals surface area contributed by atoms with Crippen molar-refractivity contribution in [1.82, 2.24) is 9.97 Å². The van der Waals surface area contributed by atoms with Crippen molar-refractivity contribution >= 4 is 5.82 Å². The van der Waals surface area contributed by atoms with Gasteiger partial charge in [-0.05, 0) is 31.5 Å². The van der Waals surface area contributed by atoms with Crippen molar-refractivity contribution in [2.75, 3.05) is 20.0 Å². The molecule has 2 aromatic rings. The zero-order valence-electron chi connectivity index (χ0n) is 11.5. The fraction of sp³-hybridized carbons (Fsp3) is 0.286. The van der Waals surface area contributed by atoms with Gasteiger partial charge in [0.2, 0.25) is 0 Å². The van der Waals surface area contributed by atoms with Gasteiger partial charge in [-0.2, -0.15) is 0 Å². The molecular formula is C14H17N3O2. The van der Waals surface area contributed by atoms with Crippen LogP contribution in [0.25, 0.3) is 11.1 Å². The highest BCUT2D eigenvalue weighted by atomic mass is 16.5. The Hall–Kier alpha value is -2.30. The first-order valence-electron chi connectivity index (χ1n) is 5.90. The number of ether oxygens (including phenoxy) is 2. The van der Waals surface area contributed by atoms with Crippen molar-refractivity contribution in [3.05, 3.63) is 29.7 Å². The van der Waals surface area contributed by atoms with Crippen LogP contribution in [0.4, 0.5) is 5.82 Å². The van der Waals surface area contributed by atoms with Gasteiger partial charge < -0.3 is 15.2 Å². The number of rotatable bonds is 3. The van der Waals surface area contributed by atoms with Crippen LogP contribution in [-0.4, -0.2) is 24.2 Å². The number of aryl methyl sites for hydroxylation is 2. The molecule has 0 spiro atoms. The molecule has 0 aliphatic carbocycles. The number of benzene rings is 1. The van der Waals surface area contributed by atoms with Crippen molar-refractivity contribution in [2.24, 2.45) is 0 Å². The Morgan fingerprint density at radius 3 is 2.26 bits per heavy atom. The molecule has 0 saturated heterocycles. The standard InChI is InChI=1S/C14H17N3O2/c1-8-13(14(15)17-9(2)16-8)10-5-6-11(18-3)12(7-10)19-4/h5-7H,1-4H3,(H2,15,16,17). The third-order valence-corrected chi connectivity index (χ3v) is 2.90. The second-order valence-corrected chi connectivity index (χ2v) is 4.19. The van der Waals surface area contributed by atoms with Crippen LogP contribution < -0.4 is 15.2 Å². The quantitative estimate of drug-likeness (QED) is 0.916. The summed E-state index contributed by atoms with van der Waals surface area (Å²) in [5, 5.41) is 0. The largest absolute Gasteiger partial charge is 0.493 e. The molecule has 0 bridgehead atoms. The molecule has 0 fully saturated rings. The van der Waals surface area contributed by atoms with Crippen molar-refractivity contribution < 1.29 is 9.47 Å². The minimum Gasteiger partial charge on any atom is -0.493 e. The summed E-state index contributed by atoms with van der Waals surface area (Å²) in [7, 11) is 3.20.